The summed E-state index contributed by atoms with van der Waals surface area (Å²) in [6, 6.07) is 6.53. The van der Waals surface area contributed by atoms with Crippen LogP contribution < -0.4 is 10.1 Å². The average molecular weight is 490 g/mol. The highest BCUT2D eigenvalue weighted by molar-refractivity contribution is 9.39. The largest absolute Gasteiger partial charge is 0.462 e. The molecule has 1 amide bonds. The summed E-state index contributed by atoms with van der Waals surface area (Å²) in [7, 11) is 0. The van der Waals surface area contributed by atoms with Gasteiger partial charge in [-0.2, -0.15) is 0 Å². The van der Waals surface area contributed by atoms with Gasteiger partial charge < -0.3 is 14.6 Å². The van der Waals surface area contributed by atoms with E-state index in [0.717, 1.165) is 0 Å². The Balaban J connectivity index is 2.60. The van der Waals surface area contributed by atoms with Crippen LogP contribution in [0.15, 0.2) is 24.3 Å². The van der Waals surface area contributed by atoms with Crippen molar-refractivity contribution in [2.75, 3.05) is 5.32 Å². The predicted molar refractivity (Wildman–Crippen MR) is 92.4 cm³/mol. The highest BCUT2D eigenvalue weighted by Gasteiger charge is 2.30. The van der Waals surface area contributed by atoms with E-state index in [0.29, 0.717) is 11.4 Å². The van der Waals surface area contributed by atoms with Crippen LogP contribution in [0.1, 0.15) is 20.8 Å². The molecule has 0 bridgehead atoms. The van der Waals surface area contributed by atoms with Gasteiger partial charge in [0, 0.05) is 5.69 Å². The molecule has 1 unspecified atom stereocenters. The van der Waals surface area contributed by atoms with E-state index in [9.17, 15) is 9.90 Å². The molecule has 0 radical (unpaired) electrons. The van der Waals surface area contributed by atoms with E-state index in [2.05, 4.69) is 53.1 Å². The topological polar surface area (TPSA) is 67.8 Å². The molecule has 0 aromatic heterocycles. The van der Waals surface area contributed by atoms with E-state index < -0.39 is 20.1 Å². The Morgan fingerprint density at radius 1 is 1.19 bits per heavy atom. The van der Waals surface area contributed by atoms with E-state index in [4.69, 9.17) is 9.47 Å². The summed E-state index contributed by atoms with van der Waals surface area (Å²) in [5, 5.41) is 12.3. The first-order valence-electron chi connectivity index (χ1n) is 5.99. The van der Waals surface area contributed by atoms with E-state index >= 15 is 0 Å². The van der Waals surface area contributed by atoms with Crippen LogP contribution in [0.3, 0.4) is 0 Å². The van der Waals surface area contributed by atoms with E-state index in [1.54, 1.807) is 45.0 Å². The molecule has 8 heteroatoms. The molecule has 21 heavy (non-hydrogen) atoms. The SMILES string of the molecule is CC(C)(C)OC(=O)Nc1ccc(OC(O)C(Br)(Br)Br)cc1. The smallest absolute Gasteiger partial charge is 0.412 e. The van der Waals surface area contributed by atoms with Crippen LogP contribution in [-0.2, 0) is 4.74 Å². The molecule has 1 atom stereocenters. The Bertz CT molecular complexity index is 480. The number of hydrogen-bond donors (Lipinski definition) is 2. The second-order valence-electron chi connectivity index (χ2n) is 5.16. The number of carbonyl (C=O) groups is 1. The van der Waals surface area contributed by atoms with Gasteiger partial charge in [0.05, 0.1) is 0 Å². The third-order valence-corrected chi connectivity index (χ3v) is 3.20. The molecule has 0 aliphatic carbocycles. The van der Waals surface area contributed by atoms with Crippen molar-refractivity contribution in [3.05, 3.63) is 24.3 Å². The van der Waals surface area contributed by atoms with Gasteiger partial charge in [0.15, 0.2) is 2.14 Å². The molecule has 1 aromatic carbocycles. The highest BCUT2D eigenvalue weighted by atomic mass is 80.0. The number of halogens is 3. The summed E-state index contributed by atoms with van der Waals surface area (Å²) in [5.41, 5.74) is 0.0104. The van der Waals surface area contributed by atoms with Crippen LogP contribution in [0, 0.1) is 0 Å². The molecule has 0 aliphatic rings. The Morgan fingerprint density at radius 3 is 2.14 bits per heavy atom. The lowest BCUT2D eigenvalue weighted by Gasteiger charge is -2.21. The summed E-state index contributed by atoms with van der Waals surface area (Å²) < 4.78 is 9.50. The van der Waals surface area contributed by atoms with Crippen LogP contribution in [0.5, 0.6) is 5.75 Å². The Kier molecular flexibility index (Phi) is 6.52. The van der Waals surface area contributed by atoms with Crippen molar-refractivity contribution in [3.8, 4) is 5.75 Å². The standard InChI is InChI=1S/C13H16Br3NO4/c1-12(2,3)21-11(19)17-8-4-6-9(7-5-8)20-10(18)13(14,15)16/h4-7,10,18H,1-3H3,(H,17,19). The maximum atomic E-state index is 11.6. The van der Waals surface area contributed by atoms with Gasteiger partial charge in [-0.3, -0.25) is 5.32 Å². The van der Waals surface area contributed by atoms with Gasteiger partial charge in [-0.1, -0.05) is 47.8 Å². The first kappa shape index (κ1) is 18.7. The number of aliphatic hydroxyl groups is 1. The van der Waals surface area contributed by atoms with Gasteiger partial charge >= 0.3 is 6.09 Å². The highest BCUT2D eigenvalue weighted by Crippen LogP contribution is 2.38. The lowest BCUT2D eigenvalue weighted by Crippen LogP contribution is -2.29. The molecule has 0 heterocycles. The monoisotopic (exact) mass is 487 g/mol. The number of aliphatic hydroxyl groups excluding tert-OH is 1. The van der Waals surface area contributed by atoms with Crippen molar-refractivity contribution in [3.63, 3.8) is 0 Å². The molecular formula is C13H16Br3NO4. The minimum Gasteiger partial charge on any atom is -0.462 e. The number of alkyl halides is 3. The fourth-order valence-electron chi connectivity index (χ4n) is 1.23. The third kappa shape index (κ3) is 7.49. The molecule has 0 saturated carbocycles. The van der Waals surface area contributed by atoms with Gasteiger partial charge in [-0.15, -0.1) is 0 Å². The van der Waals surface area contributed by atoms with E-state index in [-0.39, 0.29) is 0 Å². The maximum absolute atomic E-state index is 11.6. The van der Waals surface area contributed by atoms with Crippen molar-refractivity contribution in [1.29, 1.82) is 0 Å². The molecule has 0 fully saturated rings. The molecule has 118 valence electrons. The Labute approximate surface area is 148 Å². The number of rotatable bonds is 3. The summed E-state index contributed by atoms with van der Waals surface area (Å²) in [6.45, 7) is 5.37. The van der Waals surface area contributed by atoms with Crippen LogP contribution in [0.25, 0.3) is 0 Å². The molecule has 0 aliphatic heterocycles. The van der Waals surface area contributed by atoms with Gasteiger partial charge in [0.2, 0.25) is 6.29 Å². The van der Waals surface area contributed by atoms with Crippen LogP contribution in [0.2, 0.25) is 0 Å². The molecular weight excluding hydrogens is 474 g/mol. The quantitative estimate of drug-likeness (QED) is 0.482. The predicted octanol–water partition coefficient (Wildman–Crippen LogP) is 4.57. The fourth-order valence-corrected chi connectivity index (χ4v) is 1.51. The van der Waals surface area contributed by atoms with E-state index in [1.807, 2.05) is 0 Å². The zero-order chi connectivity index (χ0) is 16.3. The number of anilines is 1. The molecule has 0 saturated heterocycles. The summed E-state index contributed by atoms with van der Waals surface area (Å²) in [6.07, 6.45) is -1.68. The molecule has 5 nitrogen and oxygen atoms in total. The second-order valence-corrected chi connectivity index (χ2v) is 12.1. The van der Waals surface area contributed by atoms with Gasteiger partial charge in [-0.25, -0.2) is 4.79 Å². The normalized spacial score (nSPS) is 13.5. The number of hydrogen-bond acceptors (Lipinski definition) is 4. The minimum absolute atomic E-state index is 0.444. The lowest BCUT2D eigenvalue weighted by molar-refractivity contribution is -0.00485. The van der Waals surface area contributed by atoms with Crippen LogP contribution in [-0.4, -0.2) is 25.2 Å². The molecule has 0 spiro atoms. The van der Waals surface area contributed by atoms with Crippen molar-refractivity contribution in [2.24, 2.45) is 0 Å². The van der Waals surface area contributed by atoms with Crippen LogP contribution >= 0.6 is 47.8 Å². The van der Waals surface area contributed by atoms with Crippen molar-refractivity contribution < 1.29 is 19.4 Å². The molecule has 2 N–H and O–H groups in total. The molecule has 1 aromatic rings. The van der Waals surface area contributed by atoms with Crippen molar-refractivity contribution >= 4 is 59.6 Å². The fraction of sp³-hybridized carbons (Fsp3) is 0.462. The number of nitrogens with one attached hydrogen (secondary N) is 1. The molecule has 1 rings (SSSR count). The maximum Gasteiger partial charge on any atom is 0.412 e. The average Bonchev–Trinajstić information content (AvgIpc) is 2.27. The first-order chi connectivity index (χ1) is 9.47. The Hall–Kier alpha value is -0.310. The number of amides is 1. The van der Waals surface area contributed by atoms with Gasteiger partial charge in [0.25, 0.3) is 0 Å². The summed E-state index contributed by atoms with van der Waals surface area (Å²) in [4.78, 5) is 11.6. The van der Waals surface area contributed by atoms with Gasteiger partial charge in [-0.05, 0) is 45.0 Å². The Morgan fingerprint density at radius 2 is 1.71 bits per heavy atom. The first-order valence-corrected chi connectivity index (χ1v) is 8.37. The number of benzene rings is 1. The third-order valence-electron chi connectivity index (χ3n) is 2.03. The summed E-state index contributed by atoms with van der Waals surface area (Å²) >= 11 is 9.48. The lowest BCUT2D eigenvalue weighted by atomic mass is 10.2. The van der Waals surface area contributed by atoms with Crippen molar-refractivity contribution in [2.45, 2.75) is 34.8 Å². The van der Waals surface area contributed by atoms with Crippen molar-refractivity contribution in [1.82, 2.24) is 0 Å². The zero-order valence-corrected chi connectivity index (χ0v) is 16.5. The number of ether oxygens (including phenoxy) is 2. The second kappa shape index (κ2) is 7.30. The zero-order valence-electron chi connectivity index (χ0n) is 11.7. The minimum atomic E-state index is -1.15. The van der Waals surface area contributed by atoms with E-state index in [1.165, 1.54) is 0 Å². The van der Waals surface area contributed by atoms with Crippen LogP contribution in [0.4, 0.5) is 10.5 Å². The summed E-state index contributed by atoms with van der Waals surface area (Å²) in [5.74, 6) is 0.444. The number of carbonyl (C=O) groups excluding carboxylic acids is 1. The van der Waals surface area contributed by atoms with Gasteiger partial charge in [0.1, 0.15) is 11.4 Å².